The molecule has 0 spiro atoms. The number of rotatable bonds is 1. The first-order valence-electron chi connectivity index (χ1n) is 5.39. The molecular weight excluding hydrogens is 208 g/mol. The molecule has 0 amide bonds. The molecule has 1 aliphatic carbocycles. The Kier molecular flexibility index (Phi) is 2.81. The Morgan fingerprint density at radius 1 is 1.31 bits per heavy atom. The molecule has 1 aliphatic heterocycles. The summed E-state index contributed by atoms with van der Waals surface area (Å²) in [4.78, 5) is 23.1. The highest BCUT2D eigenvalue weighted by molar-refractivity contribution is 6.05. The highest BCUT2D eigenvalue weighted by Crippen LogP contribution is 2.38. The zero-order chi connectivity index (χ0) is 11.7. The minimum absolute atomic E-state index is 0.347. The number of methoxy groups -OCH3 is 1. The van der Waals surface area contributed by atoms with Gasteiger partial charge in [-0.1, -0.05) is 0 Å². The highest BCUT2D eigenvalue weighted by atomic mass is 16.5. The summed E-state index contributed by atoms with van der Waals surface area (Å²) in [6.07, 6.45) is 3.67. The number of hydrogen-bond donors (Lipinski definition) is 0. The van der Waals surface area contributed by atoms with Crippen LogP contribution in [-0.4, -0.2) is 19.0 Å². The molecule has 2 rings (SSSR count). The maximum Gasteiger partial charge on any atom is 0.344 e. The van der Waals surface area contributed by atoms with E-state index in [0.717, 1.165) is 37.0 Å². The van der Waals surface area contributed by atoms with Gasteiger partial charge in [0.15, 0.2) is 0 Å². The molecule has 2 aliphatic rings. The largest absolute Gasteiger partial charge is 0.466 e. The number of ether oxygens (including phenoxy) is 2. The van der Waals surface area contributed by atoms with E-state index in [-0.39, 0.29) is 0 Å². The first-order chi connectivity index (χ1) is 7.65. The Balaban J connectivity index is 2.43. The SMILES string of the molecule is COC(=O)/C(C)=C1/C(=O)OC2=C1CCCC2. The smallest absolute Gasteiger partial charge is 0.344 e. The van der Waals surface area contributed by atoms with Crippen molar-refractivity contribution in [1.29, 1.82) is 0 Å². The molecule has 0 unspecified atom stereocenters. The van der Waals surface area contributed by atoms with Gasteiger partial charge in [0.05, 0.1) is 12.7 Å². The Labute approximate surface area is 93.9 Å². The molecule has 0 N–H and O–H groups in total. The van der Waals surface area contributed by atoms with Crippen LogP contribution in [0.15, 0.2) is 22.5 Å². The van der Waals surface area contributed by atoms with Crippen molar-refractivity contribution < 1.29 is 19.1 Å². The summed E-state index contributed by atoms with van der Waals surface area (Å²) in [5, 5.41) is 0. The minimum Gasteiger partial charge on any atom is -0.466 e. The molecule has 0 aromatic rings. The van der Waals surface area contributed by atoms with Crippen molar-refractivity contribution >= 4 is 11.9 Å². The predicted molar refractivity (Wildman–Crippen MR) is 56.3 cm³/mol. The summed E-state index contributed by atoms with van der Waals surface area (Å²) in [5.41, 5.74) is 1.67. The molecule has 16 heavy (non-hydrogen) atoms. The Morgan fingerprint density at radius 2 is 2.00 bits per heavy atom. The van der Waals surface area contributed by atoms with E-state index in [1.165, 1.54) is 7.11 Å². The van der Waals surface area contributed by atoms with Gasteiger partial charge in [0.1, 0.15) is 5.76 Å². The molecule has 0 aromatic heterocycles. The van der Waals surface area contributed by atoms with E-state index in [1.807, 2.05) is 0 Å². The monoisotopic (exact) mass is 222 g/mol. The van der Waals surface area contributed by atoms with Crippen molar-refractivity contribution in [3.8, 4) is 0 Å². The lowest BCUT2D eigenvalue weighted by molar-refractivity contribution is -0.138. The third kappa shape index (κ3) is 1.64. The van der Waals surface area contributed by atoms with Crippen LogP contribution in [0.4, 0.5) is 0 Å². The van der Waals surface area contributed by atoms with Crippen LogP contribution in [0, 0.1) is 0 Å². The average molecular weight is 222 g/mol. The van der Waals surface area contributed by atoms with Gasteiger partial charge in [0.2, 0.25) is 0 Å². The van der Waals surface area contributed by atoms with E-state index in [4.69, 9.17) is 4.74 Å². The van der Waals surface area contributed by atoms with Crippen LogP contribution < -0.4 is 0 Å². The van der Waals surface area contributed by atoms with Gasteiger partial charge in [-0.2, -0.15) is 0 Å². The Bertz CT molecular complexity index is 415. The molecule has 86 valence electrons. The van der Waals surface area contributed by atoms with Crippen molar-refractivity contribution in [1.82, 2.24) is 0 Å². The first-order valence-corrected chi connectivity index (χ1v) is 5.39. The summed E-state index contributed by atoms with van der Waals surface area (Å²) in [6, 6.07) is 0. The van der Waals surface area contributed by atoms with Crippen molar-refractivity contribution in [2.45, 2.75) is 32.6 Å². The second-order valence-corrected chi connectivity index (χ2v) is 3.99. The minimum atomic E-state index is -0.466. The van der Waals surface area contributed by atoms with Crippen LogP contribution in [-0.2, 0) is 19.1 Å². The van der Waals surface area contributed by atoms with Gasteiger partial charge in [-0.15, -0.1) is 0 Å². The third-order valence-electron chi connectivity index (χ3n) is 3.01. The van der Waals surface area contributed by atoms with Crippen molar-refractivity contribution in [2.75, 3.05) is 7.11 Å². The lowest BCUT2D eigenvalue weighted by atomic mass is 9.91. The first kappa shape index (κ1) is 10.9. The average Bonchev–Trinajstić information content (AvgIpc) is 2.63. The maximum absolute atomic E-state index is 11.7. The van der Waals surface area contributed by atoms with E-state index in [2.05, 4.69) is 4.74 Å². The van der Waals surface area contributed by atoms with Gasteiger partial charge in [-0.05, 0) is 26.2 Å². The van der Waals surface area contributed by atoms with E-state index >= 15 is 0 Å². The normalized spacial score (nSPS) is 22.8. The van der Waals surface area contributed by atoms with Crippen LogP contribution in [0.1, 0.15) is 32.6 Å². The van der Waals surface area contributed by atoms with E-state index < -0.39 is 11.9 Å². The molecular formula is C12H14O4. The zero-order valence-corrected chi connectivity index (χ0v) is 9.46. The van der Waals surface area contributed by atoms with E-state index in [9.17, 15) is 9.59 Å². The number of esters is 2. The molecule has 0 aromatic carbocycles. The lowest BCUT2D eigenvalue weighted by Crippen LogP contribution is -2.10. The fourth-order valence-corrected chi connectivity index (χ4v) is 2.18. The van der Waals surface area contributed by atoms with Crippen molar-refractivity contribution in [3.05, 3.63) is 22.5 Å². The number of carbonyl (C=O) groups is 2. The quantitative estimate of drug-likeness (QED) is 0.502. The van der Waals surface area contributed by atoms with Gasteiger partial charge in [-0.25, -0.2) is 9.59 Å². The van der Waals surface area contributed by atoms with Crippen molar-refractivity contribution in [3.63, 3.8) is 0 Å². The standard InChI is InChI=1S/C12H14O4/c1-7(11(13)15-2)10-8-5-3-4-6-9(8)16-12(10)14/h3-6H2,1-2H3/b10-7+. The fraction of sp³-hybridized carbons (Fsp3) is 0.500. The summed E-state index contributed by atoms with van der Waals surface area (Å²) < 4.78 is 9.79. The Hall–Kier alpha value is -1.58. The second kappa shape index (κ2) is 4.12. The molecule has 0 fully saturated rings. The third-order valence-corrected chi connectivity index (χ3v) is 3.01. The molecule has 1 heterocycles. The maximum atomic E-state index is 11.7. The molecule has 0 saturated carbocycles. The van der Waals surface area contributed by atoms with Crippen LogP contribution in [0.5, 0.6) is 0 Å². The summed E-state index contributed by atoms with van der Waals surface area (Å²) in [7, 11) is 1.31. The number of allylic oxidation sites excluding steroid dienone is 1. The summed E-state index contributed by atoms with van der Waals surface area (Å²) >= 11 is 0. The fourth-order valence-electron chi connectivity index (χ4n) is 2.18. The van der Waals surface area contributed by atoms with E-state index in [1.54, 1.807) is 6.92 Å². The number of hydrogen-bond acceptors (Lipinski definition) is 4. The zero-order valence-electron chi connectivity index (χ0n) is 9.46. The van der Waals surface area contributed by atoms with Gasteiger partial charge >= 0.3 is 11.9 Å². The molecule has 0 saturated heterocycles. The second-order valence-electron chi connectivity index (χ2n) is 3.99. The van der Waals surface area contributed by atoms with Gasteiger partial charge < -0.3 is 9.47 Å². The molecule has 0 radical (unpaired) electrons. The Morgan fingerprint density at radius 3 is 2.69 bits per heavy atom. The predicted octanol–water partition coefficient (Wildman–Crippen LogP) is 1.86. The van der Waals surface area contributed by atoms with Crippen LogP contribution in [0.3, 0.4) is 0 Å². The topological polar surface area (TPSA) is 52.6 Å². The van der Waals surface area contributed by atoms with Crippen LogP contribution in [0.25, 0.3) is 0 Å². The summed E-state index contributed by atoms with van der Waals surface area (Å²) in [6.45, 7) is 1.60. The van der Waals surface area contributed by atoms with Crippen molar-refractivity contribution in [2.24, 2.45) is 0 Å². The molecule has 0 atom stereocenters. The van der Waals surface area contributed by atoms with E-state index in [0.29, 0.717) is 11.1 Å². The van der Waals surface area contributed by atoms with Gasteiger partial charge in [-0.3, -0.25) is 0 Å². The molecule has 0 bridgehead atoms. The van der Waals surface area contributed by atoms with Crippen LogP contribution in [0.2, 0.25) is 0 Å². The summed E-state index contributed by atoms with van der Waals surface area (Å²) in [5.74, 6) is -0.129. The highest BCUT2D eigenvalue weighted by Gasteiger charge is 2.34. The van der Waals surface area contributed by atoms with Gasteiger partial charge in [0, 0.05) is 17.6 Å². The van der Waals surface area contributed by atoms with Crippen LogP contribution >= 0.6 is 0 Å². The molecule has 4 nitrogen and oxygen atoms in total. The van der Waals surface area contributed by atoms with Gasteiger partial charge in [0.25, 0.3) is 0 Å². The number of carbonyl (C=O) groups excluding carboxylic acids is 2. The lowest BCUT2D eigenvalue weighted by Gasteiger charge is -2.11. The molecule has 4 heteroatoms.